The minimum atomic E-state index is -0.195. The Morgan fingerprint density at radius 2 is 2.17 bits per heavy atom. The molecule has 18 heavy (non-hydrogen) atoms. The average Bonchev–Trinajstić information content (AvgIpc) is 2.38. The highest BCUT2D eigenvalue weighted by molar-refractivity contribution is 5.76. The van der Waals surface area contributed by atoms with Crippen LogP contribution in [0.4, 0.5) is 0 Å². The number of hydrogen-bond acceptors (Lipinski definition) is 3. The molecule has 1 N–H and O–H groups in total. The first-order valence-corrected chi connectivity index (χ1v) is 6.71. The van der Waals surface area contributed by atoms with Gasteiger partial charge in [-0.05, 0) is 30.9 Å². The predicted octanol–water partition coefficient (Wildman–Crippen LogP) is 2.43. The van der Waals surface area contributed by atoms with Gasteiger partial charge < -0.3 is 10.1 Å². The van der Waals surface area contributed by atoms with Gasteiger partial charge in [0.1, 0.15) is 6.04 Å². The second-order valence-corrected chi connectivity index (χ2v) is 4.94. The highest BCUT2D eigenvalue weighted by Crippen LogP contribution is 2.17. The molecule has 0 bridgehead atoms. The number of carbonyl (C=O) groups is 1. The number of carbonyl (C=O) groups excluding carboxylic acids is 1. The molecule has 1 aromatic carbocycles. The fraction of sp³-hybridized carbons (Fsp3) is 0.533. The molecule has 0 fully saturated rings. The summed E-state index contributed by atoms with van der Waals surface area (Å²) >= 11 is 0. The van der Waals surface area contributed by atoms with Crippen molar-refractivity contribution >= 4 is 5.97 Å². The fourth-order valence-corrected chi connectivity index (χ4v) is 2.37. The van der Waals surface area contributed by atoms with E-state index >= 15 is 0 Å². The van der Waals surface area contributed by atoms with E-state index in [9.17, 15) is 4.79 Å². The number of rotatable bonds is 4. The third-order valence-electron chi connectivity index (χ3n) is 3.38. The molecule has 0 aromatic heterocycles. The molecule has 0 saturated carbocycles. The van der Waals surface area contributed by atoms with Crippen LogP contribution in [-0.4, -0.2) is 18.1 Å². The molecule has 1 heterocycles. The van der Waals surface area contributed by atoms with Gasteiger partial charge in [-0.2, -0.15) is 0 Å². The van der Waals surface area contributed by atoms with Gasteiger partial charge in [-0.15, -0.1) is 0 Å². The van der Waals surface area contributed by atoms with Crippen molar-refractivity contribution in [1.29, 1.82) is 0 Å². The zero-order chi connectivity index (χ0) is 13.0. The van der Waals surface area contributed by atoms with Gasteiger partial charge in [0, 0.05) is 6.54 Å². The second kappa shape index (κ2) is 6.01. The van der Waals surface area contributed by atoms with Gasteiger partial charge >= 0.3 is 5.97 Å². The fourth-order valence-electron chi connectivity index (χ4n) is 2.37. The van der Waals surface area contributed by atoms with Crippen LogP contribution in [0.25, 0.3) is 0 Å². The molecule has 0 saturated heterocycles. The first kappa shape index (κ1) is 13.1. The van der Waals surface area contributed by atoms with Gasteiger partial charge in [0.05, 0.1) is 6.10 Å². The van der Waals surface area contributed by atoms with Crippen LogP contribution >= 0.6 is 0 Å². The molecule has 2 rings (SSSR count). The highest BCUT2D eigenvalue weighted by Gasteiger charge is 2.26. The Morgan fingerprint density at radius 1 is 1.44 bits per heavy atom. The van der Waals surface area contributed by atoms with E-state index in [1.165, 1.54) is 11.1 Å². The van der Waals surface area contributed by atoms with Crippen molar-refractivity contribution in [1.82, 2.24) is 5.32 Å². The summed E-state index contributed by atoms with van der Waals surface area (Å²) in [5.41, 5.74) is 2.53. The first-order valence-electron chi connectivity index (χ1n) is 6.71. The standard InChI is InChI=1S/C15H21NO2/c1-3-6-11(2)18-15(17)14-9-12-7-4-5-8-13(12)10-16-14/h4-5,7-8,11,14,16H,3,6,9-10H2,1-2H3. The zero-order valence-electron chi connectivity index (χ0n) is 11.1. The van der Waals surface area contributed by atoms with Crippen LogP contribution in [0.1, 0.15) is 37.8 Å². The maximum absolute atomic E-state index is 12.0. The quantitative estimate of drug-likeness (QED) is 0.830. The van der Waals surface area contributed by atoms with Crippen LogP contribution in [-0.2, 0) is 22.5 Å². The molecule has 1 aliphatic rings. The topological polar surface area (TPSA) is 38.3 Å². The number of nitrogens with one attached hydrogen (secondary N) is 1. The molecule has 0 amide bonds. The third-order valence-corrected chi connectivity index (χ3v) is 3.38. The summed E-state index contributed by atoms with van der Waals surface area (Å²) in [6, 6.07) is 8.05. The number of esters is 1. The highest BCUT2D eigenvalue weighted by atomic mass is 16.5. The lowest BCUT2D eigenvalue weighted by Crippen LogP contribution is -2.43. The van der Waals surface area contributed by atoms with Crippen LogP contribution in [0.3, 0.4) is 0 Å². The second-order valence-electron chi connectivity index (χ2n) is 4.94. The molecule has 3 heteroatoms. The largest absolute Gasteiger partial charge is 0.462 e. The van der Waals surface area contributed by atoms with Crippen LogP contribution < -0.4 is 5.32 Å². The summed E-state index contributed by atoms with van der Waals surface area (Å²) < 4.78 is 5.44. The molecule has 1 aromatic rings. The van der Waals surface area contributed by atoms with Gasteiger partial charge in [0.2, 0.25) is 0 Å². The molecule has 0 radical (unpaired) electrons. The monoisotopic (exact) mass is 247 g/mol. The Hall–Kier alpha value is -1.35. The Morgan fingerprint density at radius 3 is 2.89 bits per heavy atom. The van der Waals surface area contributed by atoms with E-state index in [2.05, 4.69) is 24.4 Å². The molecule has 0 aliphatic carbocycles. The van der Waals surface area contributed by atoms with Crippen molar-refractivity contribution in [2.24, 2.45) is 0 Å². The molecular weight excluding hydrogens is 226 g/mol. The lowest BCUT2D eigenvalue weighted by molar-refractivity contribution is -0.151. The SMILES string of the molecule is CCCC(C)OC(=O)C1Cc2ccccc2CN1. The Balaban J connectivity index is 1.94. The van der Waals surface area contributed by atoms with E-state index in [4.69, 9.17) is 4.74 Å². The minimum absolute atomic E-state index is 0.0153. The Kier molecular flexibility index (Phi) is 4.37. The summed E-state index contributed by atoms with van der Waals surface area (Å²) in [6.07, 6.45) is 2.71. The van der Waals surface area contributed by atoms with Crippen LogP contribution in [0.15, 0.2) is 24.3 Å². The molecule has 2 unspecified atom stereocenters. The molecule has 1 aliphatic heterocycles. The van der Waals surface area contributed by atoms with Gasteiger partial charge in [-0.25, -0.2) is 0 Å². The van der Waals surface area contributed by atoms with E-state index < -0.39 is 0 Å². The summed E-state index contributed by atoms with van der Waals surface area (Å²) in [4.78, 5) is 12.0. The number of fused-ring (bicyclic) bond motifs is 1. The summed E-state index contributed by atoms with van der Waals surface area (Å²) in [5, 5.41) is 3.25. The molecular formula is C15H21NO2. The van der Waals surface area contributed by atoms with Gasteiger partial charge in [0.25, 0.3) is 0 Å². The Bertz CT molecular complexity index is 417. The summed E-state index contributed by atoms with van der Waals surface area (Å²) in [5.74, 6) is -0.120. The van der Waals surface area contributed by atoms with E-state index in [0.717, 1.165) is 25.8 Å². The molecule has 3 nitrogen and oxygen atoms in total. The number of ether oxygens (including phenoxy) is 1. The average molecular weight is 247 g/mol. The summed E-state index contributed by atoms with van der Waals surface area (Å²) in [6.45, 7) is 4.80. The van der Waals surface area contributed by atoms with Crippen molar-refractivity contribution in [3.63, 3.8) is 0 Å². The summed E-state index contributed by atoms with van der Waals surface area (Å²) in [7, 11) is 0. The van der Waals surface area contributed by atoms with Gasteiger partial charge in [0.15, 0.2) is 0 Å². The van der Waals surface area contributed by atoms with E-state index in [1.54, 1.807) is 0 Å². The van der Waals surface area contributed by atoms with Gasteiger partial charge in [-0.1, -0.05) is 37.6 Å². The van der Waals surface area contributed by atoms with Crippen LogP contribution in [0.5, 0.6) is 0 Å². The minimum Gasteiger partial charge on any atom is -0.462 e. The van der Waals surface area contributed by atoms with Crippen molar-refractivity contribution in [2.45, 2.75) is 51.8 Å². The first-order chi connectivity index (χ1) is 8.70. The van der Waals surface area contributed by atoms with Crippen molar-refractivity contribution in [2.75, 3.05) is 0 Å². The van der Waals surface area contributed by atoms with Crippen molar-refractivity contribution in [3.8, 4) is 0 Å². The van der Waals surface area contributed by atoms with Gasteiger partial charge in [-0.3, -0.25) is 4.79 Å². The normalized spacial score (nSPS) is 20.0. The van der Waals surface area contributed by atoms with E-state index in [1.807, 2.05) is 19.1 Å². The Labute approximate surface area is 109 Å². The number of hydrogen-bond donors (Lipinski definition) is 1. The van der Waals surface area contributed by atoms with E-state index in [-0.39, 0.29) is 18.1 Å². The smallest absolute Gasteiger partial charge is 0.323 e. The number of benzene rings is 1. The van der Waals surface area contributed by atoms with Crippen molar-refractivity contribution < 1.29 is 9.53 Å². The predicted molar refractivity (Wildman–Crippen MR) is 71.2 cm³/mol. The maximum Gasteiger partial charge on any atom is 0.323 e. The lowest BCUT2D eigenvalue weighted by Gasteiger charge is -2.25. The molecule has 2 atom stereocenters. The lowest BCUT2D eigenvalue weighted by atomic mass is 9.96. The molecule has 98 valence electrons. The van der Waals surface area contributed by atoms with Crippen LogP contribution in [0.2, 0.25) is 0 Å². The molecule has 0 spiro atoms. The van der Waals surface area contributed by atoms with E-state index in [0.29, 0.717) is 0 Å². The maximum atomic E-state index is 12.0. The van der Waals surface area contributed by atoms with Crippen LogP contribution in [0, 0.1) is 0 Å². The zero-order valence-corrected chi connectivity index (χ0v) is 11.1. The van der Waals surface area contributed by atoms with Crippen molar-refractivity contribution in [3.05, 3.63) is 35.4 Å². The third kappa shape index (κ3) is 3.10.